The average molecular weight is 527 g/mol. The smallest absolute Gasteiger partial charge is 0.305 e. The zero-order chi connectivity index (χ0) is 26.8. The number of rotatable bonds is 19. The quantitative estimate of drug-likeness (QED) is 0.112. The lowest BCUT2D eigenvalue weighted by Gasteiger charge is -2.43. The van der Waals surface area contributed by atoms with E-state index in [4.69, 9.17) is 13.9 Å². The van der Waals surface area contributed by atoms with Gasteiger partial charge < -0.3 is 13.9 Å². The van der Waals surface area contributed by atoms with Gasteiger partial charge >= 0.3 is 5.97 Å². The fourth-order valence-corrected chi connectivity index (χ4v) is 9.53. The first kappa shape index (κ1) is 31.3. The standard InChI is InChI=1S/C32H50O4Si/c1-5-6-7-8-9-10-11-12-19-24-31(33)35-27-25-34-26-28-36-37(32(2,3)4,29-20-15-13-16-21-29)30-22-17-14-18-23-30/h13-18,20-23H,5-12,19,24-28H2,1-4H3. The second-order valence-electron chi connectivity index (χ2n) is 10.9. The summed E-state index contributed by atoms with van der Waals surface area (Å²) in [6.07, 6.45) is 11.7. The number of hydrogen-bond acceptors (Lipinski definition) is 4. The van der Waals surface area contributed by atoms with Crippen LogP contribution in [0.2, 0.25) is 5.04 Å². The summed E-state index contributed by atoms with van der Waals surface area (Å²) in [5.41, 5.74) is 0. The third kappa shape index (κ3) is 10.7. The third-order valence-electron chi connectivity index (χ3n) is 6.94. The summed E-state index contributed by atoms with van der Waals surface area (Å²) >= 11 is 0. The highest BCUT2D eigenvalue weighted by Crippen LogP contribution is 2.36. The van der Waals surface area contributed by atoms with Crippen molar-refractivity contribution < 1.29 is 18.7 Å². The Labute approximate surface area is 227 Å². The largest absolute Gasteiger partial charge is 0.463 e. The monoisotopic (exact) mass is 526 g/mol. The molecule has 2 rings (SSSR count). The van der Waals surface area contributed by atoms with Crippen molar-refractivity contribution in [3.8, 4) is 0 Å². The highest BCUT2D eigenvalue weighted by Gasteiger charge is 2.49. The Morgan fingerprint density at radius 3 is 1.68 bits per heavy atom. The maximum atomic E-state index is 12.0. The Balaban J connectivity index is 1.69. The van der Waals surface area contributed by atoms with Crippen LogP contribution in [0.1, 0.15) is 91.9 Å². The molecular formula is C32H50O4Si. The van der Waals surface area contributed by atoms with Gasteiger partial charge in [-0.25, -0.2) is 0 Å². The van der Waals surface area contributed by atoms with E-state index in [2.05, 4.69) is 88.4 Å². The molecule has 2 aromatic rings. The van der Waals surface area contributed by atoms with Gasteiger partial charge in [-0.2, -0.15) is 0 Å². The van der Waals surface area contributed by atoms with Crippen LogP contribution in [0.15, 0.2) is 60.7 Å². The minimum atomic E-state index is -2.53. The van der Waals surface area contributed by atoms with E-state index < -0.39 is 8.32 Å². The molecule has 0 aromatic heterocycles. The van der Waals surface area contributed by atoms with E-state index in [1.165, 1.54) is 55.3 Å². The molecule has 0 heterocycles. The molecule has 0 radical (unpaired) electrons. The lowest BCUT2D eigenvalue weighted by atomic mass is 10.1. The predicted octanol–water partition coefficient (Wildman–Crippen LogP) is 7.04. The van der Waals surface area contributed by atoms with Crippen LogP contribution in [0.5, 0.6) is 0 Å². The van der Waals surface area contributed by atoms with E-state index in [0.717, 1.165) is 12.8 Å². The number of hydrogen-bond donors (Lipinski definition) is 0. The van der Waals surface area contributed by atoms with Crippen LogP contribution in [0.3, 0.4) is 0 Å². The number of carbonyl (C=O) groups is 1. The van der Waals surface area contributed by atoms with Crippen LogP contribution in [-0.4, -0.2) is 40.7 Å². The molecule has 4 nitrogen and oxygen atoms in total. The van der Waals surface area contributed by atoms with Crippen molar-refractivity contribution in [1.82, 2.24) is 0 Å². The Morgan fingerprint density at radius 1 is 0.676 bits per heavy atom. The van der Waals surface area contributed by atoms with Gasteiger partial charge in [0.25, 0.3) is 8.32 Å². The molecule has 206 valence electrons. The number of benzene rings is 2. The molecule has 0 saturated heterocycles. The summed E-state index contributed by atoms with van der Waals surface area (Å²) in [4.78, 5) is 12.0. The Kier molecular flexibility index (Phi) is 14.8. The van der Waals surface area contributed by atoms with E-state index in [9.17, 15) is 4.79 Å². The third-order valence-corrected chi connectivity index (χ3v) is 12.0. The van der Waals surface area contributed by atoms with E-state index in [-0.39, 0.29) is 11.0 Å². The van der Waals surface area contributed by atoms with Crippen molar-refractivity contribution in [2.45, 2.75) is 96.9 Å². The van der Waals surface area contributed by atoms with Gasteiger partial charge in [-0.15, -0.1) is 0 Å². The summed E-state index contributed by atoms with van der Waals surface area (Å²) in [5, 5.41) is 2.47. The van der Waals surface area contributed by atoms with Crippen LogP contribution < -0.4 is 10.4 Å². The fraction of sp³-hybridized carbons (Fsp3) is 0.594. The first-order chi connectivity index (χ1) is 17.9. The Morgan fingerprint density at radius 2 is 1.16 bits per heavy atom. The molecule has 0 bridgehead atoms. The number of carbonyl (C=O) groups excluding carboxylic acids is 1. The van der Waals surface area contributed by atoms with Gasteiger partial charge in [0, 0.05) is 6.42 Å². The summed E-state index contributed by atoms with van der Waals surface area (Å²) in [6, 6.07) is 21.2. The van der Waals surface area contributed by atoms with Crippen molar-refractivity contribution in [2.75, 3.05) is 26.4 Å². The molecule has 0 aliphatic heterocycles. The number of unbranched alkanes of at least 4 members (excludes halogenated alkanes) is 8. The minimum Gasteiger partial charge on any atom is -0.463 e. The molecule has 2 aromatic carbocycles. The zero-order valence-corrected chi connectivity index (χ0v) is 24.8. The molecule has 0 amide bonds. The molecule has 0 atom stereocenters. The first-order valence-electron chi connectivity index (χ1n) is 14.4. The lowest BCUT2D eigenvalue weighted by Crippen LogP contribution is -2.66. The van der Waals surface area contributed by atoms with Gasteiger partial charge in [-0.05, 0) is 21.8 Å². The Bertz CT molecular complexity index is 809. The van der Waals surface area contributed by atoms with E-state index in [1.807, 2.05) is 0 Å². The van der Waals surface area contributed by atoms with Gasteiger partial charge in [0.2, 0.25) is 0 Å². The topological polar surface area (TPSA) is 44.8 Å². The molecule has 37 heavy (non-hydrogen) atoms. The molecule has 5 heteroatoms. The number of esters is 1. The predicted molar refractivity (Wildman–Crippen MR) is 157 cm³/mol. The van der Waals surface area contributed by atoms with Crippen molar-refractivity contribution in [2.24, 2.45) is 0 Å². The SMILES string of the molecule is CCCCCCCCCCCC(=O)OCCOCCO[Si](c1ccccc1)(c1ccccc1)C(C)(C)C. The zero-order valence-electron chi connectivity index (χ0n) is 23.8. The van der Waals surface area contributed by atoms with Crippen LogP contribution in [0.25, 0.3) is 0 Å². The molecule has 0 unspecified atom stereocenters. The molecule has 0 fully saturated rings. The minimum absolute atomic E-state index is 0.0553. The van der Waals surface area contributed by atoms with Gasteiger partial charge in [0.05, 0.1) is 19.8 Å². The van der Waals surface area contributed by atoms with Gasteiger partial charge in [0.1, 0.15) is 6.61 Å². The maximum Gasteiger partial charge on any atom is 0.305 e. The van der Waals surface area contributed by atoms with E-state index in [1.54, 1.807) is 0 Å². The van der Waals surface area contributed by atoms with Gasteiger partial charge in [0.15, 0.2) is 0 Å². The molecule has 0 aliphatic carbocycles. The summed E-state index contributed by atoms with van der Waals surface area (Å²) in [6.45, 7) is 10.7. The average Bonchev–Trinajstić information content (AvgIpc) is 2.89. The normalized spacial score (nSPS) is 12.0. The molecule has 0 saturated carbocycles. The van der Waals surface area contributed by atoms with Crippen LogP contribution in [0.4, 0.5) is 0 Å². The van der Waals surface area contributed by atoms with Crippen molar-refractivity contribution in [3.63, 3.8) is 0 Å². The van der Waals surface area contributed by atoms with Gasteiger partial charge in [-0.1, -0.05) is 140 Å². The molecule has 0 spiro atoms. The van der Waals surface area contributed by atoms with E-state index >= 15 is 0 Å². The maximum absolute atomic E-state index is 12.0. The molecule has 0 aliphatic rings. The Hall–Kier alpha value is -1.95. The second-order valence-corrected chi connectivity index (χ2v) is 15.2. The highest BCUT2D eigenvalue weighted by atomic mass is 28.4. The number of ether oxygens (including phenoxy) is 2. The highest BCUT2D eigenvalue weighted by molar-refractivity contribution is 6.99. The summed E-state index contributed by atoms with van der Waals surface area (Å²) < 4.78 is 18.0. The summed E-state index contributed by atoms with van der Waals surface area (Å²) in [5.74, 6) is -0.116. The lowest BCUT2D eigenvalue weighted by molar-refractivity contribution is -0.145. The first-order valence-corrected chi connectivity index (χ1v) is 16.3. The van der Waals surface area contributed by atoms with Crippen molar-refractivity contribution in [1.29, 1.82) is 0 Å². The van der Waals surface area contributed by atoms with Crippen LogP contribution in [0, 0.1) is 0 Å². The van der Waals surface area contributed by atoms with Gasteiger partial charge in [-0.3, -0.25) is 4.79 Å². The van der Waals surface area contributed by atoms with Crippen molar-refractivity contribution >= 4 is 24.7 Å². The molecule has 0 N–H and O–H groups in total. The van der Waals surface area contributed by atoms with E-state index in [0.29, 0.717) is 32.8 Å². The second kappa shape index (κ2) is 17.5. The van der Waals surface area contributed by atoms with Crippen molar-refractivity contribution in [3.05, 3.63) is 60.7 Å². The van der Waals surface area contributed by atoms with Crippen LogP contribution >= 0.6 is 0 Å². The summed E-state index contributed by atoms with van der Waals surface area (Å²) in [7, 11) is -2.53. The molecular weight excluding hydrogens is 476 g/mol. The fourth-order valence-electron chi connectivity index (χ4n) is 4.98. The van der Waals surface area contributed by atoms with Crippen LogP contribution in [-0.2, 0) is 18.7 Å².